The highest BCUT2D eigenvalue weighted by Crippen LogP contribution is 2.39. The molecule has 1 aromatic rings. The lowest BCUT2D eigenvalue weighted by Gasteiger charge is -2.31. The second-order valence-corrected chi connectivity index (χ2v) is 4.58. The summed E-state index contributed by atoms with van der Waals surface area (Å²) in [6.45, 7) is 6.01. The SMILES string of the molecule is C=C(C(N)=O)C1c2ccccc2CCC1C. The molecule has 1 aliphatic rings. The maximum Gasteiger partial charge on any atom is 0.244 e. The van der Waals surface area contributed by atoms with Crippen LogP contribution in [0.25, 0.3) is 0 Å². The molecule has 0 saturated heterocycles. The molecule has 2 heteroatoms. The highest BCUT2D eigenvalue weighted by molar-refractivity contribution is 5.93. The number of primary amides is 1. The minimum absolute atomic E-state index is 0.0995. The molecule has 2 rings (SSSR count). The zero-order chi connectivity index (χ0) is 11.7. The Hall–Kier alpha value is -1.57. The van der Waals surface area contributed by atoms with Gasteiger partial charge in [-0.25, -0.2) is 0 Å². The fraction of sp³-hybridized carbons (Fsp3) is 0.357. The van der Waals surface area contributed by atoms with Gasteiger partial charge < -0.3 is 5.73 Å². The monoisotopic (exact) mass is 215 g/mol. The molecule has 1 aliphatic carbocycles. The molecule has 2 N–H and O–H groups in total. The number of rotatable bonds is 2. The van der Waals surface area contributed by atoms with E-state index in [0.717, 1.165) is 12.8 Å². The van der Waals surface area contributed by atoms with E-state index in [1.54, 1.807) is 0 Å². The molecular formula is C14H17NO. The second-order valence-electron chi connectivity index (χ2n) is 4.58. The lowest BCUT2D eigenvalue weighted by Crippen LogP contribution is -2.26. The standard InChI is InChI=1S/C14H17NO/c1-9-7-8-11-5-3-4-6-12(11)13(9)10(2)14(15)16/h3-6,9,13H,2,7-8H2,1H3,(H2,15,16). The van der Waals surface area contributed by atoms with Crippen molar-refractivity contribution >= 4 is 5.91 Å². The number of carbonyl (C=O) groups is 1. The third-order valence-electron chi connectivity index (χ3n) is 3.52. The first-order valence-electron chi connectivity index (χ1n) is 5.67. The molecule has 0 fully saturated rings. The number of aryl methyl sites for hydroxylation is 1. The van der Waals surface area contributed by atoms with E-state index >= 15 is 0 Å². The third-order valence-corrected chi connectivity index (χ3v) is 3.52. The van der Waals surface area contributed by atoms with Gasteiger partial charge in [0.15, 0.2) is 0 Å². The molecule has 2 nitrogen and oxygen atoms in total. The molecule has 0 spiro atoms. The highest BCUT2D eigenvalue weighted by Gasteiger charge is 2.30. The van der Waals surface area contributed by atoms with Crippen LogP contribution in [0.4, 0.5) is 0 Å². The fourth-order valence-corrected chi connectivity index (χ4v) is 2.61. The predicted octanol–water partition coefficient (Wildman–Crippen LogP) is 2.39. The minimum atomic E-state index is -0.381. The molecule has 0 aliphatic heterocycles. The Balaban J connectivity index is 2.44. The maximum atomic E-state index is 11.3. The Labute approximate surface area is 96.2 Å². The largest absolute Gasteiger partial charge is 0.366 e. The van der Waals surface area contributed by atoms with Crippen molar-refractivity contribution in [3.8, 4) is 0 Å². The number of benzene rings is 1. The van der Waals surface area contributed by atoms with Crippen LogP contribution in [-0.4, -0.2) is 5.91 Å². The molecule has 0 saturated carbocycles. The molecule has 0 heterocycles. The molecule has 2 atom stereocenters. The van der Waals surface area contributed by atoms with E-state index in [0.29, 0.717) is 11.5 Å². The van der Waals surface area contributed by atoms with E-state index in [9.17, 15) is 4.79 Å². The zero-order valence-corrected chi connectivity index (χ0v) is 9.57. The molecule has 1 amide bonds. The molecule has 0 bridgehead atoms. The number of carbonyl (C=O) groups excluding carboxylic acids is 1. The van der Waals surface area contributed by atoms with Crippen molar-refractivity contribution in [2.45, 2.75) is 25.7 Å². The van der Waals surface area contributed by atoms with E-state index in [1.807, 2.05) is 12.1 Å². The molecule has 0 radical (unpaired) electrons. The van der Waals surface area contributed by atoms with Crippen LogP contribution in [-0.2, 0) is 11.2 Å². The van der Waals surface area contributed by atoms with Crippen LogP contribution in [0.1, 0.15) is 30.4 Å². The topological polar surface area (TPSA) is 43.1 Å². The number of amides is 1. The number of fused-ring (bicyclic) bond motifs is 1. The average Bonchev–Trinajstić information content (AvgIpc) is 2.28. The summed E-state index contributed by atoms with van der Waals surface area (Å²) in [6.07, 6.45) is 2.17. The normalized spacial score (nSPS) is 23.6. The van der Waals surface area contributed by atoms with Gasteiger partial charge in [-0.1, -0.05) is 37.8 Å². The van der Waals surface area contributed by atoms with Crippen LogP contribution in [0.5, 0.6) is 0 Å². The van der Waals surface area contributed by atoms with Crippen LogP contribution in [0.3, 0.4) is 0 Å². The predicted molar refractivity (Wildman–Crippen MR) is 65.0 cm³/mol. The van der Waals surface area contributed by atoms with Crippen LogP contribution in [0.15, 0.2) is 36.4 Å². The van der Waals surface area contributed by atoms with Crippen molar-refractivity contribution in [3.63, 3.8) is 0 Å². The van der Waals surface area contributed by atoms with Gasteiger partial charge in [0.25, 0.3) is 0 Å². The van der Waals surface area contributed by atoms with Crippen molar-refractivity contribution in [2.24, 2.45) is 11.7 Å². The van der Waals surface area contributed by atoms with Gasteiger partial charge in [-0.3, -0.25) is 4.79 Å². The summed E-state index contributed by atoms with van der Waals surface area (Å²) in [7, 11) is 0. The number of nitrogens with two attached hydrogens (primary N) is 1. The quantitative estimate of drug-likeness (QED) is 0.756. The van der Waals surface area contributed by atoms with Gasteiger partial charge >= 0.3 is 0 Å². The Bertz CT molecular complexity index is 436. The molecular weight excluding hydrogens is 198 g/mol. The van der Waals surface area contributed by atoms with Gasteiger partial charge in [0, 0.05) is 11.5 Å². The van der Waals surface area contributed by atoms with Gasteiger partial charge in [-0.15, -0.1) is 0 Å². The van der Waals surface area contributed by atoms with Gasteiger partial charge in [0.05, 0.1) is 0 Å². The van der Waals surface area contributed by atoms with E-state index in [-0.39, 0.29) is 11.8 Å². The lowest BCUT2D eigenvalue weighted by atomic mass is 9.72. The van der Waals surface area contributed by atoms with Crippen molar-refractivity contribution < 1.29 is 4.79 Å². The Morgan fingerprint density at radius 2 is 2.12 bits per heavy atom. The molecule has 2 unspecified atom stereocenters. The van der Waals surface area contributed by atoms with Crippen LogP contribution < -0.4 is 5.73 Å². The van der Waals surface area contributed by atoms with Gasteiger partial charge in [0.1, 0.15) is 0 Å². The molecule has 1 aromatic carbocycles. The molecule has 84 valence electrons. The Kier molecular flexibility index (Phi) is 2.82. The van der Waals surface area contributed by atoms with Crippen LogP contribution in [0.2, 0.25) is 0 Å². The van der Waals surface area contributed by atoms with Crippen LogP contribution in [0, 0.1) is 5.92 Å². The number of hydrogen-bond donors (Lipinski definition) is 1. The number of hydrogen-bond acceptors (Lipinski definition) is 1. The van der Waals surface area contributed by atoms with E-state index in [1.165, 1.54) is 11.1 Å². The summed E-state index contributed by atoms with van der Waals surface area (Å²) >= 11 is 0. The van der Waals surface area contributed by atoms with E-state index in [2.05, 4.69) is 25.6 Å². The maximum absolute atomic E-state index is 11.3. The zero-order valence-electron chi connectivity index (χ0n) is 9.57. The van der Waals surface area contributed by atoms with Gasteiger partial charge in [0.2, 0.25) is 5.91 Å². The summed E-state index contributed by atoms with van der Waals surface area (Å²) in [4.78, 5) is 11.3. The summed E-state index contributed by atoms with van der Waals surface area (Å²) < 4.78 is 0. The van der Waals surface area contributed by atoms with Crippen molar-refractivity contribution in [2.75, 3.05) is 0 Å². The summed E-state index contributed by atoms with van der Waals surface area (Å²) in [5.74, 6) is 0.158. The van der Waals surface area contributed by atoms with Crippen molar-refractivity contribution in [3.05, 3.63) is 47.5 Å². The molecule has 0 aromatic heterocycles. The average molecular weight is 215 g/mol. The van der Waals surface area contributed by atoms with Crippen molar-refractivity contribution in [1.82, 2.24) is 0 Å². The minimum Gasteiger partial charge on any atom is -0.366 e. The Morgan fingerprint density at radius 3 is 2.81 bits per heavy atom. The van der Waals surface area contributed by atoms with Gasteiger partial charge in [-0.05, 0) is 29.9 Å². The molecule has 16 heavy (non-hydrogen) atoms. The van der Waals surface area contributed by atoms with E-state index in [4.69, 9.17) is 5.73 Å². The summed E-state index contributed by atoms with van der Waals surface area (Å²) in [5, 5.41) is 0. The second kappa shape index (κ2) is 4.12. The van der Waals surface area contributed by atoms with Gasteiger partial charge in [-0.2, -0.15) is 0 Å². The first-order chi connectivity index (χ1) is 7.61. The first kappa shape index (κ1) is 10.9. The highest BCUT2D eigenvalue weighted by atomic mass is 16.1. The van der Waals surface area contributed by atoms with E-state index < -0.39 is 0 Å². The van der Waals surface area contributed by atoms with Crippen LogP contribution >= 0.6 is 0 Å². The lowest BCUT2D eigenvalue weighted by molar-refractivity contribution is -0.114. The fourth-order valence-electron chi connectivity index (χ4n) is 2.61. The summed E-state index contributed by atoms with van der Waals surface area (Å²) in [6, 6.07) is 8.27. The summed E-state index contributed by atoms with van der Waals surface area (Å²) in [5.41, 5.74) is 8.44. The smallest absolute Gasteiger partial charge is 0.244 e. The Morgan fingerprint density at radius 1 is 1.44 bits per heavy atom. The third kappa shape index (κ3) is 1.75. The first-order valence-corrected chi connectivity index (χ1v) is 5.67. The van der Waals surface area contributed by atoms with Crippen molar-refractivity contribution in [1.29, 1.82) is 0 Å².